The topological polar surface area (TPSA) is 61.4 Å². The van der Waals surface area contributed by atoms with E-state index in [2.05, 4.69) is 36.6 Å². The van der Waals surface area contributed by atoms with Crippen LogP contribution in [0.5, 0.6) is 0 Å². The third kappa shape index (κ3) is 3.51. The number of nitrogens with one attached hydrogen (secondary N) is 2. The van der Waals surface area contributed by atoms with Gasteiger partial charge in [-0.1, -0.05) is 26.0 Å². The molecule has 0 bridgehead atoms. The Morgan fingerprint density at radius 1 is 1.30 bits per heavy atom. The molecular weight excluding hydrogens is 252 g/mol. The first-order valence-electron chi connectivity index (χ1n) is 7.45. The molecule has 20 heavy (non-hydrogen) atoms. The highest BCUT2D eigenvalue weighted by atomic mass is 16.3. The van der Waals surface area contributed by atoms with E-state index in [1.807, 2.05) is 6.07 Å². The maximum Gasteiger partial charge on any atom is 0.319 e. The molecule has 0 heterocycles. The summed E-state index contributed by atoms with van der Waals surface area (Å²) in [7, 11) is 0. The summed E-state index contributed by atoms with van der Waals surface area (Å²) in [5, 5.41) is 15.6. The van der Waals surface area contributed by atoms with E-state index in [1.54, 1.807) is 0 Å². The van der Waals surface area contributed by atoms with E-state index in [-0.39, 0.29) is 6.03 Å². The minimum absolute atomic E-state index is 0.242. The fraction of sp³-hybridized carbons (Fsp3) is 0.562. The van der Waals surface area contributed by atoms with Gasteiger partial charge in [0, 0.05) is 12.2 Å². The summed E-state index contributed by atoms with van der Waals surface area (Å²) < 4.78 is 0. The summed E-state index contributed by atoms with van der Waals surface area (Å²) in [6.45, 7) is 4.49. The maximum absolute atomic E-state index is 11.9. The molecule has 0 aromatic heterocycles. The zero-order valence-electron chi connectivity index (χ0n) is 12.3. The van der Waals surface area contributed by atoms with Gasteiger partial charge in [0.2, 0.25) is 0 Å². The lowest BCUT2D eigenvalue weighted by molar-refractivity contribution is -0.0287. The molecule has 1 fully saturated rings. The fourth-order valence-corrected chi connectivity index (χ4v) is 2.44. The van der Waals surface area contributed by atoms with Crippen molar-refractivity contribution >= 4 is 11.7 Å². The Morgan fingerprint density at radius 2 is 2.05 bits per heavy atom. The van der Waals surface area contributed by atoms with Crippen LogP contribution in [0.4, 0.5) is 10.5 Å². The number of carbonyl (C=O) groups is 1. The fourth-order valence-electron chi connectivity index (χ4n) is 2.44. The van der Waals surface area contributed by atoms with Crippen molar-refractivity contribution in [2.45, 2.75) is 51.6 Å². The van der Waals surface area contributed by atoms with E-state index in [1.165, 1.54) is 5.56 Å². The zero-order chi connectivity index (χ0) is 14.6. The second-order valence-electron chi connectivity index (χ2n) is 5.58. The Hall–Kier alpha value is -1.55. The minimum atomic E-state index is -0.684. The van der Waals surface area contributed by atoms with Gasteiger partial charge in [0.25, 0.3) is 0 Å². The standard InChI is InChI=1S/C16H24N2O2/c1-3-12-6-7-13(4-2)14(10-12)18-15(19)17-11-16(20)8-5-9-16/h6-7,10,20H,3-5,8-9,11H2,1-2H3,(H2,17,18,19). The summed E-state index contributed by atoms with van der Waals surface area (Å²) in [6, 6.07) is 5.94. The van der Waals surface area contributed by atoms with Crippen molar-refractivity contribution in [3.05, 3.63) is 29.3 Å². The summed E-state index contributed by atoms with van der Waals surface area (Å²) in [4.78, 5) is 11.9. The van der Waals surface area contributed by atoms with Crippen LogP contribution in [0.1, 0.15) is 44.2 Å². The van der Waals surface area contributed by atoms with Crippen molar-refractivity contribution in [3.63, 3.8) is 0 Å². The van der Waals surface area contributed by atoms with Crippen molar-refractivity contribution in [1.29, 1.82) is 0 Å². The molecule has 0 atom stereocenters. The minimum Gasteiger partial charge on any atom is -0.388 e. The Labute approximate surface area is 120 Å². The summed E-state index contributed by atoms with van der Waals surface area (Å²) >= 11 is 0. The molecule has 0 aliphatic heterocycles. The third-order valence-electron chi connectivity index (χ3n) is 4.07. The van der Waals surface area contributed by atoms with Gasteiger partial charge in [-0.25, -0.2) is 4.79 Å². The van der Waals surface area contributed by atoms with E-state index in [9.17, 15) is 9.90 Å². The summed E-state index contributed by atoms with van der Waals surface area (Å²) in [5.41, 5.74) is 2.51. The van der Waals surface area contributed by atoms with Gasteiger partial charge >= 0.3 is 6.03 Å². The number of hydrogen-bond donors (Lipinski definition) is 3. The van der Waals surface area contributed by atoms with Gasteiger partial charge in [0.1, 0.15) is 0 Å². The van der Waals surface area contributed by atoms with Crippen molar-refractivity contribution in [1.82, 2.24) is 5.32 Å². The molecule has 2 rings (SSSR count). The monoisotopic (exact) mass is 276 g/mol. The van der Waals surface area contributed by atoms with Crippen molar-refractivity contribution in [3.8, 4) is 0 Å². The molecule has 0 radical (unpaired) electrons. The van der Waals surface area contributed by atoms with Crippen LogP contribution in [-0.4, -0.2) is 23.3 Å². The predicted molar refractivity (Wildman–Crippen MR) is 81.0 cm³/mol. The van der Waals surface area contributed by atoms with Crippen LogP contribution in [0.2, 0.25) is 0 Å². The maximum atomic E-state index is 11.9. The second-order valence-corrected chi connectivity index (χ2v) is 5.58. The quantitative estimate of drug-likeness (QED) is 0.774. The van der Waals surface area contributed by atoms with Crippen LogP contribution in [-0.2, 0) is 12.8 Å². The SMILES string of the molecule is CCc1ccc(CC)c(NC(=O)NCC2(O)CCC2)c1. The number of amides is 2. The van der Waals surface area contributed by atoms with Crippen molar-refractivity contribution < 1.29 is 9.90 Å². The number of rotatable bonds is 5. The molecule has 1 saturated carbocycles. The average molecular weight is 276 g/mol. The van der Waals surface area contributed by atoms with Gasteiger partial charge in [-0.3, -0.25) is 0 Å². The molecule has 3 N–H and O–H groups in total. The molecule has 2 amide bonds. The number of anilines is 1. The summed E-state index contributed by atoms with van der Waals surface area (Å²) in [5.74, 6) is 0. The first-order valence-corrected chi connectivity index (χ1v) is 7.45. The highest BCUT2D eigenvalue weighted by molar-refractivity contribution is 5.90. The van der Waals surface area contributed by atoms with Gasteiger partial charge in [-0.2, -0.15) is 0 Å². The number of aliphatic hydroxyl groups is 1. The van der Waals surface area contributed by atoms with Crippen molar-refractivity contribution in [2.75, 3.05) is 11.9 Å². The lowest BCUT2D eigenvalue weighted by Gasteiger charge is -2.36. The lowest BCUT2D eigenvalue weighted by Crippen LogP contribution is -2.48. The van der Waals surface area contributed by atoms with Gasteiger partial charge in [-0.15, -0.1) is 0 Å². The second kappa shape index (κ2) is 6.27. The molecule has 1 aromatic carbocycles. The van der Waals surface area contributed by atoms with Crippen LogP contribution in [0.3, 0.4) is 0 Å². The number of carbonyl (C=O) groups excluding carboxylic acids is 1. The molecule has 0 saturated heterocycles. The van der Waals surface area contributed by atoms with Crippen LogP contribution < -0.4 is 10.6 Å². The smallest absolute Gasteiger partial charge is 0.319 e. The molecule has 1 aliphatic carbocycles. The van der Waals surface area contributed by atoms with Crippen molar-refractivity contribution in [2.24, 2.45) is 0 Å². The first-order chi connectivity index (χ1) is 9.56. The van der Waals surface area contributed by atoms with Gasteiger partial charge in [0.15, 0.2) is 0 Å². The van der Waals surface area contributed by atoms with Gasteiger partial charge in [0.05, 0.1) is 5.60 Å². The van der Waals surface area contributed by atoms with Crippen LogP contribution in [0.15, 0.2) is 18.2 Å². The molecule has 4 nitrogen and oxygen atoms in total. The number of urea groups is 1. The predicted octanol–water partition coefficient (Wildman–Crippen LogP) is 2.85. The Kier molecular flexibility index (Phi) is 4.65. The van der Waals surface area contributed by atoms with Crippen LogP contribution in [0, 0.1) is 0 Å². The molecular formula is C16H24N2O2. The molecule has 1 aromatic rings. The lowest BCUT2D eigenvalue weighted by atomic mass is 9.80. The van der Waals surface area contributed by atoms with Crippen LogP contribution in [0.25, 0.3) is 0 Å². The van der Waals surface area contributed by atoms with E-state index in [4.69, 9.17) is 0 Å². The Bertz CT molecular complexity index is 481. The Balaban J connectivity index is 1.95. The third-order valence-corrected chi connectivity index (χ3v) is 4.07. The Morgan fingerprint density at radius 3 is 2.60 bits per heavy atom. The summed E-state index contributed by atoms with van der Waals surface area (Å²) in [6.07, 6.45) is 4.42. The average Bonchev–Trinajstić information content (AvgIpc) is 2.43. The van der Waals surface area contributed by atoms with E-state index in [0.717, 1.165) is 43.4 Å². The molecule has 110 valence electrons. The number of hydrogen-bond acceptors (Lipinski definition) is 2. The first kappa shape index (κ1) is 14.9. The molecule has 0 unspecified atom stereocenters. The van der Waals surface area contributed by atoms with E-state index < -0.39 is 5.60 Å². The van der Waals surface area contributed by atoms with E-state index >= 15 is 0 Å². The molecule has 4 heteroatoms. The zero-order valence-corrected chi connectivity index (χ0v) is 12.3. The van der Waals surface area contributed by atoms with Gasteiger partial charge in [-0.05, 0) is 49.3 Å². The normalized spacial score (nSPS) is 16.4. The number of benzene rings is 1. The largest absolute Gasteiger partial charge is 0.388 e. The van der Waals surface area contributed by atoms with Gasteiger partial charge < -0.3 is 15.7 Å². The van der Waals surface area contributed by atoms with E-state index in [0.29, 0.717) is 6.54 Å². The highest BCUT2D eigenvalue weighted by Gasteiger charge is 2.34. The molecule has 0 spiro atoms. The molecule has 1 aliphatic rings. The number of aryl methyl sites for hydroxylation is 2. The van der Waals surface area contributed by atoms with Crippen LogP contribution >= 0.6 is 0 Å². The highest BCUT2D eigenvalue weighted by Crippen LogP contribution is 2.30.